The molecule has 5 nitrogen and oxygen atoms in total. The minimum absolute atomic E-state index is 0.0550. The molecule has 2 aromatic carbocycles. The van der Waals surface area contributed by atoms with Crippen LogP contribution in [-0.4, -0.2) is 45.9 Å². The van der Waals surface area contributed by atoms with Crippen molar-refractivity contribution >= 4 is 10.9 Å². The summed E-state index contributed by atoms with van der Waals surface area (Å²) >= 11 is 0. The van der Waals surface area contributed by atoms with E-state index in [4.69, 9.17) is 4.98 Å². The molecule has 1 N–H and O–H groups in total. The standard InChI is InChI=1S/C22H26N4O/c1-16-7-3-4-8-18(16)15-25-11-13-26(14-12-25)17(2)21-23-20-10-6-5-9-19(20)22(27)24-21/h3-10,17H,11-15H2,1-2H3,(H,23,24,27)/t17-/m0/s1. The van der Waals surface area contributed by atoms with Gasteiger partial charge in [0.15, 0.2) is 0 Å². The molecule has 1 aromatic heterocycles. The second kappa shape index (κ2) is 7.62. The number of benzene rings is 2. The van der Waals surface area contributed by atoms with Crippen molar-refractivity contribution in [2.45, 2.75) is 26.4 Å². The summed E-state index contributed by atoms with van der Waals surface area (Å²) in [5, 5.41) is 0.650. The smallest absolute Gasteiger partial charge is 0.258 e. The van der Waals surface area contributed by atoms with E-state index in [0.29, 0.717) is 5.39 Å². The zero-order valence-corrected chi connectivity index (χ0v) is 16.0. The predicted molar refractivity (Wildman–Crippen MR) is 109 cm³/mol. The second-order valence-electron chi connectivity index (χ2n) is 7.38. The van der Waals surface area contributed by atoms with Crippen LogP contribution in [0.5, 0.6) is 0 Å². The molecule has 0 amide bonds. The number of nitrogens with one attached hydrogen (secondary N) is 1. The van der Waals surface area contributed by atoms with Crippen molar-refractivity contribution < 1.29 is 0 Å². The summed E-state index contributed by atoms with van der Waals surface area (Å²) in [4.78, 5) is 24.9. The normalized spacial score (nSPS) is 17.3. The lowest BCUT2D eigenvalue weighted by molar-refractivity contribution is 0.0947. The van der Waals surface area contributed by atoms with Crippen molar-refractivity contribution in [2.24, 2.45) is 0 Å². The summed E-state index contributed by atoms with van der Waals surface area (Å²) in [6.45, 7) is 9.31. The third-order valence-corrected chi connectivity index (χ3v) is 5.64. The number of hydrogen-bond donors (Lipinski definition) is 1. The monoisotopic (exact) mass is 362 g/mol. The quantitative estimate of drug-likeness (QED) is 0.775. The van der Waals surface area contributed by atoms with E-state index >= 15 is 0 Å². The number of rotatable bonds is 4. The maximum atomic E-state index is 12.4. The maximum absolute atomic E-state index is 12.4. The van der Waals surface area contributed by atoms with Gasteiger partial charge in [0, 0.05) is 32.7 Å². The Balaban J connectivity index is 1.44. The fourth-order valence-corrected chi connectivity index (χ4v) is 3.81. The van der Waals surface area contributed by atoms with E-state index in [0.717, 1.165) is 44.1 Å². The molecule has 3 aromatic rings. The first-order valence-corrected chi connectivity index (χ1v) is 9.61. The zero-order chi connectivity index (χ0) is 18.8. The number of H-pyrrole nitrogens is 1. The van der Waals surface area contributed by atoms with Crippen LogP contribution in [0.4, 0.5) is 0 Å². The van der Waals surface area contributed by atoms with Crippen LogP contribution in [0, 0.1) is 6.92 Å². The first-order chi connectivity index (χ1) is 13.1. The van der Waals surface area contributed by atoms with Gasteiger partial charge >= 0.3 is 0 Å². The Bertz CT molecular complexity index is 989. The molecule has 0 aliphatic carbocycles. The number of aromatic nitrogens is 2. The zero-order valence-electron chi connectivity index (χ0n) is 16.0. The van der Waals surface area contributed by atoms with E-state index in [1.54, 1.807) is 0 Å². The van der Waals surface area contributed by atoms with Gasteiger partial charge in [-0.2, -0.15) is 0 Å². The molecule has 2 heterocycles. The first kappa shape index (κ1) is 17.9. The fourth-order valence-electron chi connectivity index (χ4n) is 3.81. The lowest BCUT2D eigenvalue weighted by atomic mass is 10.1. The molecule has 1 aliphatic heterocycles. The Kier molecular flexibility index (Phi) is 5.05. The lowest BCUT2D eigenvalue weighted by Gasteiger charge is -2.37. The van der Waals surface area contributed by atoms with Crippen molar-refractivity contribution in [1.82, 2.24) is 19.8 Å². The molecule has 0 unspecified atom stereocenters. The molecule has 27 heavy (non-hydrogen) atoms. The molecule has 4 rings (SSSR count). The van der Waals surface area contributed by atoms with Gasteiger partial charge in [0.05, 0.1) is 16.9 Å². The van der Waals surface area contributed by atoms with E-state index in [2.05, 4.69) is 52.9 Å². The molecule has 5 heteroatoms. The van der Waals surface area contributed by atoms with Crippen LogP contribution in [0.25, 0.3) is 10.9 Å². The number of piperazine rings is 1. The molecule has 0 bridgehead atoms. The van der Waals surface area contributed by atoms with Crippen LogP contribution in [0.3, 0.4) is 0 Å². The fraction of sp³-hybridized carbons (Fsp3) is 0.364. The Morgan fingerprint density at radius 1 is 1.04 bits per heavy atom. The predicted octanol–water partition coefficient (Wildman–Crippen LogP) is 3.11. The Morgan fingerprint density at radius 2 is 1.74 bits per heavy atom. The van der Waals surface area contributed by atoms with Crippen LogP contribution in [0.15, 0.2) is 53.3 Å². The lowest BCUT2D eigenvalue weighted by Crippen LogP contribution is -2.47. The number of aryl methyl sites for hydroxylation is 1. The van der Waals surface area contributed by atoms with Crippen LogP contribution in [0.1, 0.15) is 29.9 Å². The topological polar surface area (TPSA) is 52.2 Å². The largest absolute Gasteiger partial charge is 0.309 e. The van der Waals surface area contributed by atoms with Gasteiger partial charge in [0.1, 0.15) is 5.82 Å². The molecule has 140 valence electrons. The summed E-state index contributed by atoms with van der Waals surface area (Å²) in [5.41, 5.74) is 3.47. The van der Waals surface area contributed by atoms with Crippen LogP contribution in [0.2, 0.25) is 0 Å². The van der Waals surface area contributed by atoms with Crippen LogP contribution < -0.4 is 5.56 Å². The molecule has 0 saturated carbocycles. The van der Waals surface area contributed by atoms with Gasteiger partial charge in [0.2, 0.25) is 0 Å². The van der Waals surface area contributed by atoms with E-state index in [1.165, 1.54) is 11.1 Å². The SMILES string of the molecule is Cc1ccccc1CN1CCN([C@@H](C)c2nc3ccccc3c(=O)[nH]2)CC1. The Labute approximate surface area is 159 Å². The first-order valence-electron chi connectivity index (χ1n) is 9.61. The summed E-state index contributed by atoms with van der Waals surface area (Å²) in [5.74, 6) is 0.756. The van der Waals surface area contributed by atoms with E-state index in [9.17, 15) is 4.79 Å². The third-order valence-electron chi connectivity index (χ3n) is 5.64. The molecule has 1 saturated heterocycles. The van der Waals surface area contributed by atoms with Gasteiger partial charge in [-0.3, -0.25) is 14.6 Å². The highest BCUT2D eigenvalue weighted by Crippen LogP contribution is 2.20. The van der Waals surface area contributed by atoms with E-state index in [-0.39, 0.29) is 11.6 Å². The van der Waals surface area contributed by atoms with Crippen molar-refractivity contribution in [1.29, 1.82) is 0 Å². The van der Waals surface area contributed by atoms with Crippen molar-refractivity contribution in [3.05, 3.63) is 75.8 Å². The van der Waals surface area contributed by atoms with Crippen molar-refractivity contribution in [3.63, 3.8) is 0 Å². The van der Waals surface area contributed by atoms with E-state index < -0.39 is 0 Å². The molecular formula is C22H26N4O. The molecular weight excluding hydrogens is 336 g/mol. The summed E-state index contributed by atoms with van der Waals surface area (Å²) < 4.78 is 0. The van der Waals surface area contributed by atoms with Crippen molar-refractivity contribution in [3.8, 4) is 0 Å². The molecule has 1 fully saturated rings. The minimum Gasteiger partial charge on any atom is -0.309 e. The molecule has 0 radical (unpaired) electrons. The number of nitrogens with zero attached hydrogens (tertiary/aromatic N) is 3. The van der Waals surface area contributed by atoms with Gasteiger partial charge in [-0.05, 0) is 37.1 Å². The molecule has 1 atom stereocenters. The van der Waals surface area contributed by atoms with Crippen molar-refractivity contribution in [2.75, 3.05) is 26.2 Å². The average molecular weight is 362 g/mol. The number of aromatic amines is 1. The van der Waals surface area contributed by atoms with Gasteiger partial charge in [0.25, 0.3) is 5.56 Å². The van der Waals surface area contributed by atoms with Crippen LogP contribution >= 0.6 is 0 Å². The summed E-state index contributed by atoms with van der Waals surface area (Å²) in [7, 11) is 0. The second-order valence-corrected chi connectivity index (χ2v) is 7.38. The Hall–Kier alpha value is -2.50. The summed E-state index contributed by atoms with van der Waals surface area (Å²) in [6.07, 6.45) is 0. The van der Waals surface area contributed by atoms with Gasteiger partial charge < -0.3 is 4.98 Å². The number of fused-ring (bicyclic) bond motifs is 1. The average Bonchev–Trinajstić information content (AvgIpc) is 2.70. The third kappa shape index (κ3) is 3.80. The highest BCUT2D eigenvalue weighted by atomic mass is 16.1. The van der Waals surface area contributed by atoms with Gasteiger partial charge in [-0.25, -0.2) is 4.98 Å². The van der Waals surface area contributed by atoms with Gasteiger partial charge in [-0.1, -0.05) is 36.4 Å². The summed E-state index contributed by atoms with van der Waals surface area (Å²) in [6, 6.07) is 16.2. The molecule has 0 spiro atoms. The highest BCUT2D eigenvalue weighted by molar-refractivity contribution is 5.77. The maximum Gasteiger partial charge on any atom is 0.258 e. The highest BCUT2D eigenvalue weighted by Gasteiger charge is 2.24. The van der Waals surface area contributed by atoms with E-state index in [1.807, 2.05) is 24.3 Å². The van der Waals surface area contributed by atoms with Crippen LogP contribution in [-0.2, 0) is 6.54 Å². The van der Waals surface area contributed by atoms with Gasteiger partial charge in [-0.15, -0.1) is 0 Å². The minimum atomic E-state index is -0.0550. The molecule has 1 aliphatic rings. The number of hydrogen-bond acceptors (Lipinski definition) is 4. The number of para-hydroxylation sites is 1. The Morgan fingerprint density at radius 3 is 2.52 bits per heavy atom.